The number of ether oxygens (including phenoxy) is 2. The number of aromatic hydroxyl groups is 1. The highest BCUT2D eigenvalue weighted by atomic mass is 19.1. The van der Waals surface area contributed by atoms with Crippen LogP contribution in [0.25, 0.3) is 5.76 Å². The number of amides is 1. The fraction of sp³-hybridized carbons (Fsp3) is 0.360. The number of carbonyl (C=O) groups is 2. The lowest BCUT2D eigenvalue weighted by atomic mass is 9.95. The molecule has 9 heteroatoms. The lowest BCUT2D eigenvalue weighted by molar-refractivity contribution is -0.140. The summed E-state index contributed by atoms with van der Waals surface area (Å²) in [6.45, 7) is 3.92. The fourth-order valence-corrected chi connectivity index (χ4v) is 4.38. The molecular formula is C25H27FN2O6. The highest BCUT2D eigenvalue weighted by molar-refractivity contribution is 6.46. The lowest BCUT2D eigenvalue weighted by Crippen LogP contribution is -2.38. The molecule has 1 unspecified atom stereocenters. The quantitative estimate of drug-likeness (QED) is 0.365. The van der Waals surface area contributed by atoms with Gasteiger partial charge >= 0.3 is 0 Å². The Kier molecular flexibility index (Phi) is 7.14. The van der Waals surface area contributed by atoms with Crippen LogP contribution in [0.1, 0.15) is 23.6 Å². The Hall–Kier alpha value is -3.43. The van der Waals surface area contributed by atoms with E-state index in [4.69, 9.17) is 9.47 Å². The van der Waals surface area contributed by atoms with E-state index in [0.29, 0.717) is 30.9 Å². The van der Waals surface area contributed by atoms with E-state index in [-0.39, 0.29) is 23.4 Å². The third-order valence-corrected chi connectivity index (χ3v) is 6.16. The van der Waals surface area contributed by atoms with Gasteiger partial charge in [-0.2, -0.15) is 0 Å². The smallest absolute Gasteiger partial charge is 0.295 e. The maximum Gasteiger partial charge on any atom is 0.295 e. The third-order valence-electron chi connectivity index (χ3n) is 6.16. The number of morpholine rings is 1. The number of aliphatic hydroxyl groups is 1. The van der Waals surface area contributed by atoms with Crippen molar-refractivity contribution < 1.29 is 33.7 Å². The van der Waals surface area contributed by atoms with Crippen LogP contribution in [-0.4, -0.2) is 78.2 Å². The number of Topliss-reactive ketones (excluding diaryl/α,β-unsaturated/α-hetero) is 1. The van der Waals surface area contributed by atoms with Gasteiger partial charge in [0.15, 0.2) is 0 Å². The molecule has 2 fully saturated rings. The normalized spacial score (nSPS) is 20.6. The van der Waals surface area contributed by atoms with Gasteiger partial charge in [0.05, 0.1) is 37.5 Å². The van der Waals surface area contributed by atoms with E-state index < -0.39 is 29.3 Å². The molecule has 8 nitrogen and oxygen atoms in total. The van der Waals surface area contributed by atoms with Gasteiger partial charge in [0.1, 0.15) is 23.1 Å². The number of likely N-dealkylation sites (tertiary alicyclic amines) is 1. The molecule has 0 aliphatic carbocycles. The van der Waals surface area contributed by atoms with E-state index in [2.05, 4.69) is 4.90 Å². The van der Waals surface area contributed by atoms with Gasteiger partial charge in [0.2, 0.25) is 0 Å². The second kappa shape index (κ2) is 10.2. The van der Waals surface area contributed by atoms with Crippen molar-refractivity contribution in [3.8, 4) is 11.5 Å². The molecule has 0 aromatic heterocycles. The van der Waals surface area contributed by atoms with Gasteiger partial charge in [0, 0.05) is 32.2 Å². The van der Waals surface area contributed by atoms with Crippen LogP contribution in [0, 0.1) is 5.82 Å². The number of rotatable bonds is 7. The molecule has 2 N–H and O–H groups in total. The number of halogens is 1. The largest absolute Gasteiger partial charge is 0.507 e. The van der Waals surface area contributed by atoms with Crippen LogP contribution < -0.4 is 4.74 Å². The Morgan fingerprint density at radius 2 is 1.82 bits per heavy atom. The Morgan fingerprint density at radius 1 is 1.12 bits per heavy atom. The third kappa shape index (κ3) is 4.76. The molecule has 1 amide bonds. The number of hydrogen-bond acceptors (Lipinski definition) is 7. The maximum absolute atomic E-state index is 13.6. The van der Waals surface area contributed by atoms with Crippen molar-refractivity contribution in [2.45, 2.75) is 12.5 Å². The van der Waals surface area contributed by atoms with Crippen LogP contribution in [0.15, 0.2) is 48.0 Å². The first-order valence-electron chi connectivity index (χ1n) is 11.1. The number of phenolic OH excluding ortho intramolecular Hbond substituents is 1. The minimum Gasteiger partial charge on any atom is -0.507 e. The van der Waals surface area contributed by atoms with Crippen molar-refractivity contribution in [3.05, 3.63) is 65.0 Å². The fourth-order valence-electron chi connectivity index (χ4n) is 4.38. The Balaban J connectivity index is 1.69. The molecular weight excluding hydrogens is 443 g/mol. The maximum atomic E-state index is 13.6. The van der Waals surface area contributed by atoms with Gasteiger partial charge in [-0.15, -0.1) is 0 Å². The van der Waals surface area contributed by atoms with Crippen molar-refractivity contribution in [3.63, 3.8) is 0 Å². The SMILES string of the molecule is COc1ccc(/C(O)=C2\C(=O)C(=O)N(CCCN3CCOCC3)C2c2ccc(F)cc2)c(O)c1. The molecule has 0 spiro atoms. The van der Waals surface area contributed by atoms with Crippen LogP contribution in [-0.2, 0) is 14.3 Å². The first-order chi connectivity index (χ1) is 16.4. The molecule has 2 saturated heterocycles. The second-order valence-electron chi connectivity index (χ2n) is 8.23. The molecule has 34 heavy (non-hydrogen) atoms. The summed E-state index contributed by atoms with van der Waals surface area (Å²) in [7, 11) is 1.44. The van der Waals surface area contributed by atoms with E-state index in [9.17, 15) is 24.2 Å². The van der Waals surface area contributed by atoms with Gasteiger partial charge < -0.3 is 24.6 Å². The summed E-state index contributed by atoms with van der Waals surface area (Å²) in [5.74, 6) is -2.48. The number of methoxy groups -OCH3 is 1. The van der Waals surface area contributed by atoms with Gasteiger partial charge in [-0.25, -0.2) is 4.39 Å². The second-order valence-corrected chi connectivity index (χ2v) is 8.23. The molecule has 0 bridgehead atoms. The number of aliphatic hydroxyl groups excluding tert-OH is 1. The van der Waals surface area contributed by atoms with E-state index in [1.165, 1.54) is 54.5 Å². The Morgan fingerprint density at radius 3 is 2.47 bits per heavy atom. The molecule has 2 aliphatic rings. The topological polar surface area (TPSA) is 99.5 Å². The summed E-state index contributed by atoms with van der Waals surface area (Å²) in [6.07, 6.45) is 0.610. The van der Waals surface area contributed by atoms with Crippen molar-refractivity contribution in [2.24, 2.45) is 0 Å². The van der Waals surface area contributed by atoms with Gasteiger partial charge in [-0.05, 0) is 36.2 Å². The van der Waals surface area contributed by atoms with Crippen LogP contribution in [0.4, 0.5) is 4.39 Å². The molecule has 1 atom stereocenters. The Labute approximate surface area is 196 Å². The zero-order chi connectivity index (χ0) is 24.2. The van der Waals surface area contributed by atoms with E-state index >= 15 is 0 Å². The molecule has 2 aliphatic heterocycles. The van der Waals surface area contributed by atoms with E-state index in [1.54, 1.807) is 0 Å². The van der Waals surface area contributed by atoms with Gasteiger partial charge in [-0.1, -0.05) is 12.1 Å². The summed E-state index contributed by atoms with van der Waals surface area (Å²) >= 11 is 0. The molecule has 0 saturated carbocycles. The lowest BCUT2D eigenvalue weighted by Gasteiger charge is -2.29. The summed E-state index contributed by atoms with van der Waals surface area (Å²) in [4.78, 5) is 29.7. The summed E-state index contributed by atoms with van der Waals surface area (Å²) in [6, 6.07) is 8.80. The van der Waals surface area contributed by atoms with Gasteiger partial charge in [-0.3, -0.25) is 14.5 Å². The van der Waals surface area contributed by atoms with Crippen LogP contribution in [0.3, 0.4) is 0 Å². The standard InChI is InChI=1S/C25H27FN2O6/c1-33-18-7-8-19(20(29)15-18)23(30)21-22(16-3-5-17(26)6-4-16)28(25(32)24(21)31)10-2-9-27-11-13-34-14-12-27/h3-8,15,22,29-30H,2,9-14H2,1H3/b23-21+. The molecule has 0 radical (unpaired) electrons. The predicted molar refractivity (Wildman–Crippen MR) is 122 cm³/mol. The van der Waals surface area contributed by atoms with Gasteiger partial charge in [0.25, 0.3) is 11.7 Å². The minimum absolute atomic E-state index is 0.000714. The average Bonchev–Trinajstić information content (AvgIpc) is 3.09. The number of hydrogen-bond donors (Lipinski definition) is 2. The molecule has 2 aromatic carbocycles. The highest BCUT2D eigenvalue weighted by Crippen LogP contribution is 2.41. The van der Waals surface area contributed by atoms with Crippen molar-refractivity contribution >= 4 is 17.4 Å². The zero-order valence-electron chi connectivity index (χ0n) is 18.9. The van der Waals surface area contributed by atoms with Crippen molar-refractivity contribution in [1.29, 1.82) is 0 Å². The van der Waals surface area contributed by atoms with Crippen LogP contribution in [0.5, 0.6) is 11.5 Å². The summed E-state index contributed by atoms with van der Waals surface area (Å²) in [5.41, 5.74) is 0.337. The molecule has 2 heterocycles. The number of carbonyl (C=O) groups excluding carboxylic acids is 2. The molecule has 4 rings (SSSR count). The number of benzene rings is 2. The molecule has 180 valence electrons. The number of phenols is 1. The molecule has 2 aromatic rings. The monoisotopic (exact) mass is 470 g/mol. The van der Waals surface area contributed by atoms with E-state index in [0.717, 1.165) is 19.6 Å². The van der Waals surface area contributed by atoms with Crippen LogP contribution >= 0.6 is 0 Å². The first kappa shape index (κ1) is 23.7. The average molecular weight is 470 g/mol. The highest BCUT2D eigenvalue weighted by Gasteiger charge is 2.46. The Bertz CT molecular complexity index is 1100. The van der Waals surface area contributed by atoms with Crippen molar-refractivity contribution in [2.75, 3.05) is 46.5 Å². The zero-order valence-corrected chi connectivity index (χ0v) is 18.9. The van der Waals surface area contributed by atoms with E-state index in [1.807, 2.05) is 0 Å². The van der Waals surface area contributed by atoms with Crippen LogP contribution in [0.2, 0.25) is 0 Å². The predicted octanol–water partition coefficient (Wildman–Crippen LogP) is 2.68. The number of ketones is 1. The summed E-state index contributed by atoms with van der Waals surface area (Å²) in [5, 5.41) is 21.5. The first-order valence-corrected chi connectivity index (χ1v) is 11.1. The van der Waals surface area contributed by atoms with Crippen molar-refractivity contribution in [1.82, 2.24) is 9.80 Å². The summed E-state index contributed by atoms with van der Waals surface area (Å²) < 4.78 is 24.0. The number of nitrogens with zero attached hydrogens (tertiary/aromatic N) is 2. The minimum atomic E-state index is -0.910.